The fourth-order valence-electron chi connectivity index (χ4n) is 5.52. The third kappa shape index (κ3) is 3.65. The lowest BCUT2D eigenvalue weighted by molar-refractivity contribution is -0.232. The summed E-state index contributed by atoms with van der Waals surface area (Å²) in [6.07, 6.45) is 2.19. The van der Waals surface area contributed by atoms with Crippen molar-refractivity contribution >= 4 is 35.7 Å². The summed E-state index contributed by atoms with van der Waals surface area (Å²) in [7, 11) is 0. The number of rotatable bonds is 6. The molecule has 0 aromatic heterocycles. The molecule has 0 saturated carbocycles. The number of ether oxygens (including phenoxy) is 1. The van der Waals surface area contributed by atoms with E-state index in [0.29, 0.717) is 18.6 Å². The maximum atomic E-state index is 13.3. The molecule has 4 atom stereocenters. The van der Waals surface area contributed by atoms with Crippen LogP contribution in [0.2, 0.25) is 0 Å². The number of hydrogen-bond acceptors (Lipinski definition) is 9. The van der Waals surface area contributed by atoms with Crippen molar-refractivity contribution in [2.75, 3.05) is 19.7 Å². The minimum Gasteiger partial charge on any atom is -0.492 e. The molecule has 0 radical (unpaired) electrons. The second kappa shape index (κ2) is 8.70. The van der Waals surface area contributed by atoms with E-state index in [1.807, 2.05) is 6.07 Å². The highest BCUT2D eigenvalue weighted by Crippen LogP contribution is 2.43. The first-order valence-electron chi connectivity index (χ1n) is 11.7. The van der Waals surface area contributed by atoms with Gasteiger partial charge < -0.3 is 51.8 Å². The number of fused-ring (bicyclic) bond motifs is 1. The van der Waals surface area contributed by atoms with Crippen molar-refractivity contribution in [2.45, 2.75) is 42.4 Å². The van der Waals surface area contributed by atoms with Gasteiger partial charge in [0.15, 0.2) is 17.6 Å². The molecule has 1 aromatic carbocycles. The highest BCUT2D eigenvalue weighted by Gasteiger charge is 2.74. The highest BCUT2D eigenvalue weighted by atomic mass is 16.5. The SMILES string of the molecule is N=CC(=N)C(=O)NCC1NC(=N)N2C[C@H](NC(=O)c3cccc4c3OCCC4)C(O)(O)C23NC(=N)NC13. The Kier molecular flexibility index (Phi) is 5.75. The molecule has 11 N–H and O–H groups in total. The number of carbonyl (C=O) groups excluding carboxylic acids is 2. The molecule has 4 aliphatic rings. The van der Waals surface area contributed by atoms with E-state index in [4.69, 9.17) is 26.4 Å². The molecule has 15 nitrogen and oxygen atoms in total. The van der Waals surface area contributed by atoms with Crippen molar-refractivity contribution in [3.8, 4) is 5.75 Å². The van der Waals surface area contributed by atoms with E-state index in [-0.39, 0.29) is 30.6 Å². The van der Waals surface area contributed by atoms with Gasteiger partial charge in [-0.1, -0.05) is 12.1 Å². The Morgan fingerprint density at radius 3 is 2.81 bits per heavy atom. The fraction of sp³-hybridized carbons (Fsp3) is 0.455. The summed E-state index contributed by atoms with van der Waals surface area (Å²) in [4.78, 5) is 26.6. The molecule has 196 valence electrons. The zero-order chi connectivity index (χ0) is 26.5. The van der Waals surface area contributed by atoms with Crippen LogP contribution in [0.5, 0.6) is 5.75 Å². The summed E-state index contributed by atoms with van der Waals surface area (Å²) >= 11 is 0. The van der Waals surface area contributed by atoms with Crippen molar-refractivity contribution in [1.29, 1.82) is 21.6 Å². The molecule has 5 rings (SSSR count). The normalized spacial score (nSPS) is 28.8. The predicted octanol–water partition coefficient (Wildman–Crippen LogP) is -3.01. The number of carbonyl (C=O) groups is 2. The van der Waals surface area contributed by atoms with Crippen LogP contribution >= 0.6 is 0 Å². The van der Waals surface area contributed by atoms with Crippen LogP contribution in [0.15, 0.2) is 18.2 Å². The molecule has 37 heavy (non-hydrogen) atoms. The van der Waals surface area contributed by atoms with E-state index in [1.165, 1.54) is 4.90 Å². The van der Waals surface area contributed by atoms with Crippen LogP contribution in [-0.4, -0.2) is 100 Å². The summed E-state index contributed by atoms with van der Waals surface area (Å²) in [5.74, 6) is -4.05. The molecular weight excluding hydrogens is 484 g/mol. The first-order valence-corrected chi connectivity index (χ1v) is 11.7. The second-order valence-electron chi connectivity index (χ2n) is 9.36. The Hall–Kier alpha value is -4.24. The number of benzene rings is 1. The zero-order valence-electron chi connectivity index (χ0n) is 19.6. The van der Waals surface area contributed by atoms with Gasteiger partial charge >= 0.3 is 0 Å². The minimum absolute atomic E-state index is 0.153. The molecule has 4 heterocycles. The molecule has 3 fully saturated rings. The van der Waals surface area contributed by atoms with E-state index < -0.39 is 47.1 Å². The summed E-state index contributed by atoms with van der Waals surface area (Å²) in [6, 6.07) is 2.17. The molecule has 0 aliphatic carbocycles. The average molecular weight is 513 g/mol. The highest BCUT2D eigenvalue weighted by molar-refractivity contribution is 6.59. The summed E-state index contributed by atoms with van der Waals surface area (Å²) in [6.45, 7) is 0.150. The topological polar surface area (TPSA) is 243 Å². The third-order valence-electron chi connectivity index (χ3n) is 7.25. The van der Waals surface area contributed by atoms with Gasteiger partial charge in [0.05, 0.1) is 24.3 Å². The average Bonchev–Trinajstić information content (AvgIpc) is 3.35. The van der Waals surface area contributed by atoms with Crippen molar-refractivity contribution in [3.63, 3.8) is 0 Å². The van der Waals surface area contributed by atoms with Gasteiger partial charge in [0.2, 0.25) is 5.79 Å². The fourth-order valence-corrected chi connectivity index (χ4v) is 5.52. The van der Waals surface area contributed by atoms with Crippen molar-refractivity contribution in [2.24, 2.45) is 0 Å². The van der Waals surface area contributed by atoms with E-state index >= 15 is 0 Å². The van der Waals surface area contributed by atoms with E-state index in [9.17, 15) is 19.8 Å². The lowest BCUT2D eigenvalue weighted by Crippen LogP contribution is -2.81. The molecule has 0 bridgehead atoms. The number of aliphatic hydroxyl groups is 2. The Balaban J connectivity index is 1.42. The van der Waals surface area contributed by atoms with Gasteiger partial charge in [0.25, 0.3) is 11.8 Å². The Bertz CT molecular complexity index is 1220. The van der Waals surface area contributed by atoms with Crippen molar-refractivity contribution < 1.29 is 24.5 Å². The number of nitrogens with zero attached hydrogens (tertiary/aromatic N) is 1. The lowest BCUT2D eigenvalue weighted by Gasteiger charge is -2.51. The maximum absolute atomic E-state index is 13.3. The third-order valence-corrected chi connectivity index (χ3v) is 7.25. The quantitative estimate of drug-likeness (QED) is 0.137. The zero-order valence-corrected chi connectivity index (χ0v) is 19.6. The van der Waals surface area contributed by atoms with Gasteiger partial charge in [-0.25, -0.2) is 0 Å². The maximum Gasteiger partial charge on any atom is 0.270 e. The molecule has 3 saturated heterocycles. The van der Waals surface area contributed by atoms with E-state index in [0.717, 1.165) is 18.4 Å². The predicted molar refractivity (Wildman–Crippen MR) is 130 cm³/mol. The monoisotopic (exact) mass is 512 g/mol. The van der Waals surface area contributed by atoms with Gasteiger partial charge in [0, 0.05) is 19.3 Å². The molecule has 1 spiro atoms. The molecule has 4 aliphatic heterocycles. The molecule has 3 unspecified atom stereocenters. The van der Waals surface area contributed by atoms with Crippen LogP contribution in [0, 0.1) is 21.6 Å². The summed E-state index contributed by atoms with van der Waals surface area (Å²) < 4.78 is 5.72. The first-order chi connectivity index (χ1) is 17.6. The molecule has 1 aromatic rings. The van der Waals surface area contributed by atoms with Crippen LogP contribution in [-0.2, 0) is 11.2 Å². The first kappa shape index (κ1) is 24.5. The number of para-hydroxylation sites is 1. The van der Waals surface area contributed by atoms with Crippen LogP contribution in [0.25, 0.3) is 0 Å². The van der Waals surface area contributed by atoms with Crippen LogP contribution in [0.1, 0.15) is 22.3 Å². The number of aryl methyl sites for hydroxylation is 1. The van der Waals surface area contributed by atoms with Gasteiger partial charge in [-0.05, 0) is 24.5 Å². The number of guanidine groups is 2. The molecule has 15 heteroatoms. The summed E-state index contributed by atoms with van der Waals surface area (Å²) in [5, 5.41) is 67.8. The Morgan fingerprint density at radius 2 is 2.05 bits per heavy atom. The lowest BCUT2D eigenvalue weighted by atomic mass is 9.84. The van der Waals surface area contributed by atoms with E-state index in [1.54, 1.807) is 12.1 Å². The largest absolute Gasteiger partial charge is 0.492 e. The van der Waals surface area contributed by atoms with Crippen LogP contribution in [0.3, 0.4) is 0 Å². The van der Waals surface area contributed by atoms with E-state index in [2.05, 4.69) is 26.6 Å². The van der Waals surface area contributed by atoms with Crippen LogP contribution in [0.4, 0.5) is 0 Å². The van der Waals surface area contributed by atoms with Gasteiger partial charge in [0.1, 0.15) is 17.5 Å². The minimum atomic E-state index is -2.67. The number of nitrogens with one attached hydrogen (secondary N) is 9. The van der Waals surface area contributed by atoms with Crippen LogP contribution < -0.4 is 31.3 Å². The second-order valence-corrected chi connectivity index (χ2v) is 9.36. The Labute approximate surface area is 211 Å². The van der Waals surface area contributed by atoms with Gasteiger partial charge in [-0.2, -0.15) is 0 Å². The molecule has 2 amide bonds. The smallest absolute Gasteiger partial charge is 0.270 e. The van der Waals surface area contributed by atoms with Gasteiger partial charge in [-0.15, -0.1) is 0 Å². The Morgan fingerprint density at radius 1 is 1.27 bits per heavy atom. The van der Waals surface area contributed by atoms with Crippen molar-refractivity contribution in [3.05, 3.63) is 29.3 Å². The molecular formula is C22H28N10O5. The summed E-state index contributed by atoms with van der Waals surface area (Å²) in [5.41, 5.74) is -1.24. The van der Waals surface area contributed by atoms with Gasteiger partial charge in [-0.3, -0.25) is 25.8 Å². The number of amides is 2. The standard InChI is InChI=1S/C22H28N10O5/c23-7-12(24)18(34)27-8-13-16-21(31-19(25)30-16)22(35,36)14(9-32(21)20(26)28-13)29-17(33)11-5-1-3-10-4-2-6-37-15(10)11/h1,3,5,7,13-14,16,23-24,35-36H,2,4,6,8-9H2,(H2,26,28)(H,27,34)(H,29,33)(H3,25,30,31)/t13?,14-,16?,21?/m0/s1. The number of hydrogen-bond donors (Lipinski definition) is 11. The van der Waals surface area contributed by atoms with Crippen molar-refractivity contribution in [1.82, 2.24) is 31.5 Å².